The van der Waals surface area contributed by atoms with Crippen LogP contribution in [0.4, 0.5) is 0 Å². The number of hydrogen-bond donors (Lipinski definition) is 2. The minimum atomic E-state index is -0.609. The number of aromatic nitrogens is 2. The third-order valence-electron chi connectivity index (χ3n) is 5.51. The van der Waals surface area contributed by atoms with E-state index in [9.17, 15) is 14.7 Å². The lowest BCUT2D eigenvalue weighted by molar-refractivity contribution is 0.173. The molecule has 0 amide bonds. The molecule has 1 aromatic carbocycles. The topological polar surface area (TPSA) is 90.7 Å². The molecule has 0 aliphatic carbocycles. The fourth-order valence-electron chi connectivity index (χ4n) is 3.84. The van der Waals surface area contributed by atoms with Gasteiger partial charge in [0.25, 0.3) is 5.56 Å². The smallest absolute Gasteiger partial charge is 0.331 e. The molecule has 1 fully saturated rings. The van der Waals surface area contributed by atoms with Crippen LogP contribution in [0.25, 0.3) is 0 Å². The van der Waals surface area contributed by atoms with Gasteiger partial charge >= 0.3 is 5.69 Å². The van der Waals surface area contributed by atoms with E-state index in [-0.39, 0.29) is 17.5 Å². The van der Waals surface area contributed by atoms with E-state index in [1.165, 1.54) is 11.8 Å². The second-order valence-corrected chi connectivity index (χ2v) is 7.99. The zero-order chi connectivity index (χ0) is 20.8. The monoisotopic (exact) mass is 398 g/mol. The molecule has 2 N–H and O–H groups in total. The van der Waals surface area contributed by atoms with E-state index in [0.29, 0.717) is 12.5 Å². The van der Waals surface area contributed by atoms with E-state index >= 15 is 0 Å². The lowest BCUT2D eigenvalue weighted by Gasteiger charge is -2.31. The molecule has 7 nitrogen and oxygen atoms in total. The molecule has 1 saturated heterocycles. The molecule has 3 rings (SSSR count). The second kappa shape index (κ2) is 9.69. The number of likely N-dealkylation sites (tertiary alicyclic amines) is 1. The van der Waals surface area contributed by atoms with Crippen molar-refractivity contribution in [2.24, 2.45) is 10.9 Å². The molecule has 29 heavy (non-hydrogen) atoms. The minimum Gasteiger partial charge on any atom is -0.494 e. The Morgan fingerprint density at radius 1 is 1.21 bits per heavy atom. The number of piperidine rings is 1. The van der Waals surface area contributed by atoms with Crippen molar-refractivity contribution in [3.63, 3.8) is 0 Å². The van der Waals surface area contributed by atoms with Crippen LogP contribution >= 0.6 is 0 Å². The summed E-state index contributed by atoms with van der Waals surface area (Å²) >= 11 is 0. The van der Waals surface area contributed by atoms with Crippen LogP contribution in [0.15, 0.2) is 44.9 Å². The largest absolute Gasteiger partial charge is 0.494 e. The van der Waals surface area contributed by atoms with Gasteiger partial charge in [-0.05, 0) is 57.7 Å². The first-order valence-corrected chi connectivity index (χ1v) is 10.3. The summed E-state index contributed by atoms with van der Waals surface area (Å²) in [6.07, 6.45) is 4.63. The maximum absolute atomic E-state index is 12.0. The van der Waals surface area contributed by atoms with Gasteiger partial charge in [-0.25, -0.2) is 4.79 Å². The van der Waals surface area contributed by atoms with E-state index < -0.39 is 11.2 Å². The quantitative estimate of drug-likeness (QED) is 0.701. The number of aromatic amines is 1. The van der Waals surface area contributed by atoms with Crippen molar-refractivity contribution < 1.29 is 5.11 Å². The van der Waals surface area contributed by atoms with E-state index in [2.05, 4.69) is 39.1 Å². The van der Waals surface area contributed by atoms with E-state index in [0.717, 1.165) is 43.5 Å². The summed E-state index contributed by atoms with van der Waals surface area (Å²) in [7, 11) is 0. The summed E-state index contributed by atoms with van der Waals surface area (Å²) in [5, 5.41) is 10.3. The summed E-state index contributed by atoms with van der Waals surface area (Å²) in [6, 6.07) is 10.3. The third kappa shape index (κ3) is 5.44. The standard InChI is InChI=1S/C22H30N4O3/c1-16(2)26-21(28)19(20(27)24-22(26)29)14-23-11-8-17-9-12-25(13-10-17)15-18-6-4-3-5-7-18/h3-7,14,16-17,28H,8-13,15H2,1-2H3,(H,24,27,29). The number of nitrogens with zero attached hydrogens (tertiary/aromatic N) is 3. The van der Waals surface area contributed by atoms with Crippen LogP contribution in [-0.2, 0) is 6.54 Å². The summed E-state index contributed by atoms with van der Waals surface area (Å²) in [4.78, 5) is 32.9. The van der Waals surface area contributed by atoms with E-state index in [1.54, 1.807) is 13.8 Å². The highest BCUT2D eigenvalue weighted by atomic mass is 16.3. The molecule has 0 saturated carbocycles. The predicted molar refractivity (Wildman–Crippen MR) is 115 cm³/mol. The Morgan fingerprint density at radius 3 is 2.55 bits per heavy atom. The van der Waals surface area contributed by atoms with Gasteiger partial charge in [0.05, 0.1) is 0 Å². The van der Waals surface area contributed by atoms with Crippen molar-refractivity contribution in [1.82, 2.24) is 14.5 Å². The number of nitrogens with one attached hydrogen (secondary N) is 1. The van der Waals surface area contributed by atoms with Gasteiger partial charge in [-0.3, -0.25) is 24.2 Å². The fourth-order valence-corrected chi connectivity index (χ4v) is 3.84. The summed E-state index contributed by atoms with van der Waals surface area (Å²) < 4.78 is 1.16. The van der Waals surface area contributed by atoms with Crippen LogP contribution in [0, 0.1) is 5.92 Å². The third-order valence-corrected chi connectivity index (χ3v) is 5.51. The molecular weight excluding hydrogens is 368 g/mol. The van der Waals surface area contributed by atoms with Gasteiger partial charge in [0.15, 0.2) is 0 Å². The van der Waals surface area contributed by atoms with Gasteiger partial charge in [0.2, 0.25) is 5.88 Å². The molecule has 1 aromatic heterocycles. The summed E-state index contributed by atoms with van der Waals surface area (Å²) in [5.74, 6) is 0.294. The first-order chi connectivity index (χ1) is 14.0. The molecule has 1 aliphatic heterocycles. The average Bonchev–Trinajstić information content (AvgIpc) is 2.68. The summed E-state index contributed by atoms with van der Waals surface area (Å²) in [5.41, 5.74) is 0.170. The Morgan fingerprint density at radius 2 is 1.90 bits per heavy atom. The molecule has 0 bridgehead atoms. The molecule has 0 radical (unpaired) electrons. The van der Waals surface area contributed by atoms with Crippen LogP contribution in [0.3, 0.4) is 0 Å². The highest BCUT2D eigenvalue weighted by molar-refractivity contribution is 5.81. The van der Waals surface area contributed by atoms with Gasteiger partial charge in [-0.15, -0.1) is 0 Å². The first-order valence-electron chi connectivity index (χ1n) is 10.3. The second-order valence-electron chi connectivity index (χ2n) is 7.99. The van der Waals surface area contributed by atoms with Crippen molar-refractivity contribution in [2.45, 2.75) is 45.7 Å². The maximum Gasteiger partial charge on any atom is 0.331 e. The van der Waals surface area contributed by atoms with Gasteiger partial charge in [0.1, 0.15) is 5.56 Å². The van der Waals surface area contributed by atoms with Crippen LogP contribution < -0.4 is 11.2 Å². The number of rotatable bonds is 7. The number of hydrogen-bond acceptors (Lipinski definition) is 5. The molecule has 0 atom stereocenters. The molecule has 156 valence electrons. The molecule has 2 aromatic rings. The van der Waals surface area contributed by atoms with Gasteiger partial charge in [0, 0.05) is 25.3 Å². The first kappa shape index (κ1) is 21.0. The van der Waals surface area contributed by atoms with E-state index in [1.807, 2.05) is 6.07 Å². The van der Waals surface area contributed by atoms with Gasteiger partial charge in [-0.2, -0.15) is 0 Å². The fraction of sp³-hybridized carbons (Fsp3) is 0.500. The predicted octanol–water partition coefficient (Wildman–Crippen LogP) is 2.54. The van der Waals surface area contributed by atoms with Crippen molar-refractivity contribution in [1.29, 1.82) is 0 Å². The Hall–Kier alpha value is -2.67. The molecule has 1 aliphatic rings. The minimum absolute atomic E-state index is 0.0379. The SMILES string of the molecule is CC(C)n1c(O)c(C=NCCC2CCN(Cc3ccccc3)CC2)c(=O)[nH]c1=O. The van der Waals surface area contributed by atoms with Crippen molar-refractivity contribution >= 4 is 6.21 Å². The van der Waals surface area contributed by atoms with Crippen LogP contribution in [-0.4, -0.2) is 45.4 Å². The zero-order valence-electron chi connectivity index (χ0n) is 17.2. The average molecular weight is 399 g/mol. The van der Waals surface area contributed by atoms with Crippen molar-refractivity contribution in [2.75, 3.05) is 19.6 Å². The van der Waals surface area contributed by atoms with Gasteiger partial charge < -0.3 is 5.11 Å². The Labute approximate surface area is 170 Å². The summed E-state index contributed by atoms with van der Waals surface area (Å²) in [6.45, 7) is 7.31. The number of aromatic hydroxyl groups is 1. The molecule has 2 heterocycles. The molecule has 0 unspecified atom stereocenters. The normalized spacial score (nSPS) is 16.1. The highest BCUT2D eigenvalue weighted by Gasteiger charge is 2.19. The Balaban J connectivity index is 1.50. The molecule has 7 heteroatoms. The number of H-pyrrole nitrogens is 1. The molecule has 0 spiro atoms. The lowest BCUT2D eigenvalue weighted by atomic mass is 9.93. The van der Waals surface area contributed by atoms with Crippen molar-refractivity contribution in [3.05, 3.63) is 62.3 Å². The number of aliphatic imine (C=N–C) groups is 1. The number of benzene rings is 1. The van der Waals surface area contributed by atoms with Crippen molar-refractivity contribution in [3.8, 4) is 5.88 Å². The van der Waals surface area contributed by atoms with Crippen LogP contribution in [0.1, 0.15) is 50.3 Å². The Kier molecular flexibility index (Phi) is 7.04. The lowest BCUT2D eigenvalue weighted by Crippen LogP contribution is -2.33. The maximum atomic E-state index is 12.0. The Bertz CT molecular complexity index is 939. The van der Waals surface area contributed by atoms with E-state index in [4.69, 9.17) is 0 Å². The van der Waals surface area contributed by atoms with Gasteiger partial charge in [-0.1, -0.05) is 30.3 Å². The van der Waals surface area contributed by atoms with Crippen LogP contribution in [0.2, 0.25) is 0 Å². The zero-order valence-corrected chi connectivity index (χ0v) is 17.2. The highest BCUT2D eigenvalue weighted by Crippen LogP contribution is 2.22. The molecular formula is C22H30N4O3. The van der Waals surface area contributed by atoms with Crippen LogP contribution in [0.5, 0.6) is 5.88 Å².